The van der Waals surface area contributed by atoms with E-state index in [4.69, 9.17) is 16.3 Å². The van der Waals surface area contributed by atoms with Crippen molar-refractivity contribution in [3.05, 3.63) is 40.9 Å². The van der Waals surface area contributed by atoms with Gasteiger partial charge in [-0.05, 0) is 29.8 Å². The summed E-state index contributed by atoms with van der Waals surface area (Å²) in [6.45, 7) is 1.35. The highest BCUT2D eigenvalue weighted by Crippen LogP contribution is 2.45. The van der Waals surface area contributed by atoms with Crippen LogP contribution in [0, 0.1) is 0 Å². The van der Waals surface area contributed by atoms with E-state index in [0.717, 1.165) is 0 Å². The maximum absolute atomic E-state index is 14.5. The van der Waals surface area contributed by atoms with Gasteiger partial charge in [0.1, 0.15) is 5.75 Å². The molecule has 0 aliphatic carbocycles. The zero-order valence-electron chi connectivity index (χ0n) is 13.8. The van der Waals surface area contributed by atoms with Crippen LogP contribution in [0.2, 0.25) is 5.02 Å². The summed E-state index contributed by atoms with van der Waals surface area (Å²) in [5.41, 5.74) is 1.52. The SMILES string of the molecule is CCC(F)(F)c1cc(NC)cc(Cl)c1-c1ccc2c(c1)NC(=O)CO2. The lowest BCUT2D eigenvalue weighted by molar-refractivity contribution is -0.118. The van der Waals surface area contributed by atoms with Crippen LogP contribution >= 0.6 is 11.6 Å². The minimum atomic E-state index is -3.04. The van der Waals surface area contributed by atoms with Gasteiger partial charge in [-0.3, -0.25) is 4.79 Å². The first-order chi connectivity index (χ1) is 11.9. The third-order valence-electron chi connectivity index (χ3n) is 4.12. The summed E-state index contributed by atoms with van der Waals surface area (Å²) in [6.07, 6.45) is -0.353. The first-order valence-electron chi connectivity index (χ1n) is 7.82. The van der Waals surface area contributed by atoms with E-state index < -0.39 is 5.92 Å². The van der Waals surface area contributed by atoms with Gasteiger partial charge in [-0.25, -0.2) is 8.78 Å². The molecule has 0 saturated heterocycles. The van der Waals surface area contributed by atoms with Gasteiger partial charge in [0.2, 0.25) is 0 Å². The van der Waals surface area contributed by atoms with Gasteiger partial charge in [0.15, 0.2) is 6.61 Å². The van der Waals surface area contributed by atoms with Gasteiger partial charge in [-0.15, -0.1) is 0 Å². The molecule has 2 aromatic carbocycles. The smallest absolute Gasteiger partial charge is 0.273 e. The molecule has 4 nitrogen and oxygen atoms in total. The van der Waals surface area contributed by atoms with Crippen molar-refractivity contribution >= 4 is 28.9 Å². The van der Waals surface area contributed by atoms with Crippen LogP contribution in [-0.2, 0) is 10.7 Å². The quantitative estimate of drug-likeness (QED) is 0.810. The van der Waals surface area contributed by atoms with E-state index in [1.807, 2.05) is 0 Å². The van der Waals surface area contributed by atoms with Gasteiger partial charge >= 0.3 is 0 Å². The number of nitrogens with one attached hydrogen (secondary N) is 2. The van der Waals surface area contributed by atoms with Crippen molar-refractivity contribution in [2.45, 2.75) is 19.3 Å². The van der Waals surface area contributed by atoms with Gasteiger partial charge < -0.3 is 15.4 Å². The molecule has 0 saturated carbocycles. The largest absolute Gasteiger partial charge is 0.482 e. The summed E-state index contributed by atoms with van der Waals surface area (Å²) < 4.78 is 34.4. The number of hydrogen-bond donors (Lipinski definition) is 2. The standard InChI is InChI=1S/C18H17ClF2N2O2/c1-3-18(20,21)12-7-11(22-2)8-13(19)17(12)10-4-5-15-14(6-10)23-16(24)9-25-15/h4-8,22H,3,9H2,1-2H3,(H,23,24). The normalized spacial score (nSPS) is 13.7. The molecule has 0 fully saturated rings. The van der Waals surface area contributed by atoms with Crippen molar-refractivity contribution in [1.82, 2.24) is 0 Å². The molecule has 1 aliphatic heterocycles. The molecule has 0 spiro atoms. The lowest BCUT2D eigenvalue weighted by Crippen LogP contribution is -2.25. The van der Waals surface area contributed by atoms with Gasteiger partial charge in [-0.1, -0.05) is 24.6 Å². The Labute approximate surface area is 149 Å². The number of rotatable bonds is 4. The van der Waals surface area contributed by atoms with E-state index >= 15 is 0 Å². The predicted molar refractivity (Wildman–Crippen MR) is 94.7 cm³/mol. The monoisotopic (exact) mass is 366 g/mol. The van der Waals surface area contributed by atoms with Crippen LogP contribution in [0.5, 0.6) is 5.75 Å². The van der Waals surface area contributed by atoms with Crippen molar-refractivity contribution in [2.24, 2.45) is 0 Å². The Bertz CT molecular complexity index is 840. The number of alkyl halides is 2. The van der Waals surface area contributed by atoms with Crippen LogP contribution in [-0.4, -0.2) is 19.6 Å². The van der Waals surface area contributed by atoms with Crippen LogP contribution in [0.25, 0.3) is 11.1 Å². The summed E-state index contributed by atoms with van der Waals surface area (Å²) in [7, 11) is 1.64. The fraction of sp³-hybridized carbons (Fsp3) is 0.278. The molecule has 0 radical (unpaired) electrons. The Hall–Kier alpha value is -2.34. The Kier molecular flexibility index (Phi) is 4.56. The molecule has 0 unspecified atom stereocenters. The molecule has 25 heavy (non-hydrogen) atoms. The summed E-state index contributed by atoms with van der Waals surface area (Å²) in [4.78, 5) is 11.5. The minimum Gasteiger partial charge on any atom is -0.482 e. The maximum atomic E-state index is 14.5. The molecule has 1 heterocycles. The van der Waals surface area contributed by atoms with Crippen LogP contribution in [0.4, 0.5) is 20.2 Å². The number of fused-ring (bicyclic) bond motifs is 1. The van der Waals surface area contributed by atoms with Crippen molar-refractivity contribution in [1.29, 1.82) is 0 Å². The van der Waals surface area contributed by atoms with Crippen LogP contribution in [0.15, 0.2) is 30.3 Å². The number of carbonyl (C=O) groups is 1. The minimum absolute atomic E-state index is 0.0663. The third kappa shape index (κ3) is 3.26. The molecule has 1 amide bonds. The number of hydrogen-bond acceptors (Lipinski definition) is 3. The molecular formula is C18H17ClF2N2O2. The second kappa shape index (κ2) is 6.52. The lowest BCUT2D eigenvalue weighted by Gasteiger charge is -2.23. The average molecular weight is 367 g/mol. The number of benzene rings is 2. The molecule has 2 aromatic rings. The summed E-state index contributed by atoms with van der Waals surface area (Å²) in [5, 5.41) is 5.73. The van der Waals surface area contributed by atoms with Crippen molar-refractivity contribution in [3.63, 3.8) is 0 Å². The van der Waals surface area contributed by atoms with Crippen LogP contribution in [0.1, 0.15) is 18.9 Å². The Balaban J connectivity index is 2.20. The molecule has 2 N–H and O–H groups in total. The molecule has 1 aliphatic rings. The average Bonchev–Trinajstić information content (AvgIpc) is 2.60. The number of ether oxygens (including phenoxy) is 1. The molecular weight excluding hydrogens is 350 g/mol. The van der Waals surface area contributed by atoms with E-state index in [1.54, 1.807) is 31.3 Å². The first kappa shape index (κ1) is 17.5. The molecule has 0 bridgehead atoms. The van der Waals surface area contributed by atoms with Crippen LogP contribution < -0.4 is 15.4 Å². The Morgan fingerprint density at radius 2 is 2.08 bits per heavy atom. The fourth-order valence-electron chi connectivity index (χ4n) is 2.76. The molecule has 132 valence electrons. The van der Waals surface area contributed by atoms with Crippen molar-refractivity contribution < 1.29 is 18.3 Å². The Morgan fingerprint density at radius 1 is 1.32 bits per heavy atom. The van der Waals surface area contributed by atoms with Crippen LogP contribution in [0.3, 0.4) is 0 Å². The number of anilines is 2. The highest BCUT2D eigenvalue weighted by atomic mass is 35.5. The van der Waals surface area contributed by atoms with E-state index in [-0.39, 0.29) is 35.1 Å². The van der Waals surface area contributed by atoms with Gasteiger partial charge in [0, 0.05) is 30.3 Å². The fourth-order valence-corrected chi connectivity index (χ4v) is 3.09. The number of halogens is 3. The lowest BCUT2D eigenvalue weighted by atomic mass is 9.93. The first-order valence-corrected chi connectivity index (χ1v) is 8.20. The van der Waals surface area contributed by atoms with E-state index in [2.05, 4.69) is 10.6 Å². The van der Waals surface area contributed by atoms with Crippen molar-refractivity contribution in [3.8, 4) is 16.9 Å². The summed E-state index contributed by atoms with van der Waals surface area (Å²) in [6, 6.07) is 7.90. The van der Waals surface area contributed by atoms with E-state index in [9.17, 15) is 13.6 Å². The third-order valence-corrected chi connectivity index (χ3v) is 4.42. The zero-order valence-corrected chi connectivity index (χ0v) is 14.5. The molecule has 3 rings (SSSR count). The molecule has 7 heteroatoms. The van der Waals surface area contributed by atoms with E-state index in [0.29, 0.717) is 22.7 Å². The zero-order chi connectivity index (χ0) is 18.2. The number of carbonyl (C=O) groups excluding carboxylic acids is 1. The Morgan fingerprint density at radius 3 is 2.76 bits per heavy atom. The highest BCUT2D eigenvalue weighted by molar-refractivity contribution is 6.34. The van der Waals surface area contributed by atoms with Gasteiger partial charge in [-0.2, -0.15) is 0 Å². The topological polar surface area (TPSA) is 50.4 Å². The summed E-state index contributed by atoms with van der Waals surface area (Å²) in [5.74, 6) is -2.84. The predicted octanol–water partition coefficient (Wildman–Crippen LogP) is 4.88. The maximum Gasteiger partial charge on any atom is 0.273 e. The van der Waals surface area contributed by atoms with E-state index in [1.165, 1.54) is 13.0 Å². The second-order valence-corrected chi connectivity index (χ2v) is 6.14. The number of amides is 1. The molecule has 0 aromatic heterocycles. The highest BCUT2D eigenvalue weighted by Gasteiger charge is 2.34. The molecule has 0 atom stereocenters. The van der Waals surface area contributed by atoms with Gasteiger partial charge in [0.05, 0.1) is 10.7 Å². The van der Waals surface area contributed by atoms with Crippen molar-refractivity contribution in [2.75, 3.05) is 24.3 Å². The second-order valence-electron chi connectivity index (χ2n) is 5.74. The van der Waals surface area contributed by atoms with Gasteiger partial charge in [0.25, 0.3) is 11.8 Å². The summed E-state index contributed by atoms with van der Waals surface area (Å²) >= 11 is 6.33.